The highest BCUT2D eigenvalue weighted by Crippen LogP contribution is 2.24. The second-order valence-corrected chi connectivity index (χ2v) is 7.39. The van der Waals surface area contributed by atoms with Crippen molar-refractivity contribution in [3.63, 3.8) is 0 Å². The first-order chi connectivity index (χ1) is 13.4. The van der Waals surface area contributed by atoms with Gasteiger partial charge in [-0.15, -0.1) is 10.2 Å². The van der Waals surface area contributed by atoms with Gasteiger partial charge in [-0.1, -0.05) is 37.7 Å². The first kappa shape index (κ1) is 19.7. The zero-order chi connectivity index (χ0) is 20.1. The molecule has 0 bridgehead atoms. The van der Waals surface area contributed by atoms with Crippen LogP contribution < -0.4 is 11.1 Å². The lowest BCUT2D eigenvalue weighted by Crippen LogP contribution is -2.20. The predicted octanol–water partition coefficient (Wildman–Crippen LogP) is 2.88. The number of benzene rings is 1. The Labute approximate surface area is 166 Å². The van der Waals surface area contributed by atoms with Gasteiger partial charge in [0.1, 0.15) is 6.54 Å². The minimum atomic E-state index is -0.538. The zero-order valence-corrected chi connectivity index (χ0v) is 16.4. The van der Waals surface area contributed by atoms with Crippen LogP contribution >= 0.6 is 11.8 Å². The Morgan fingerprint density at radius 2 is 1.96 bits per heavy atom. The molecule has 0 aliphatic rings. The quantitative estimate of drug-likeness (QED) is 0.563. The normalized spacial score (nSPS) is 11.0. The number of anilines is 1. The number of hydrogen-bond acceptors (Lipinski definition) is 6. The lowest BCUT2D eigenvalue weighted by molar-refractivity contribution is -0.118. The van der Waals surface area contributed by atoms with Crippen LogP contribution in [0.15, 0.2) is 52.2 Å². The Balaban J connectivity index is 1.66. The summed E-state index contributed by atoms with van der Waals surface area (Å²) in [5.41, 5.74) is 7.26. The molecule has 2 amide bonds. The molecular weight excluding hydrogens is 378 g/mol. The third-order valence-electron chi connectivity index (χ3n) is 3.97. The average molecular weight is 399 g/mol. The van der Waals surface area contributed by atoms with Crippen molar-refractivity contribution in [3.8, 4) is 11.6 Å². The standard InChI is InChI=1S/C19H21N5O3S/c1-12(2)13-5-7-14(8-6-13)21-17(26)11-28-19-23-22-18(15-4-3-9-27-15)24(19)10-16(20)25/h3-9,12H,10-11H2,1-2H3,(H2,20,25)(H,21,26). The van der Waals surface area contributed by atoms with E-state index in [0.29, 0.717) is 22.7 Å². The number of aromatic nitrogens is 3. The Kier molecular flexibility index (Phi) is 6.15. The van der Waals surface area contributed by atoms with Crippen molar-refractivity contribution in [3.05, 3.63) is 48.2 Å². The summed E-state index contributed by atoms with van der Waals surface area (Å²) >= 11 is 1.17. The van der Waals surface area contributed by atoms with Gasteiger partial charge in [0.25, 0.3) is 0 Å². The van der Waals surface area contributed by atoms with E-state index in [4.69, 9.17) is 10.2 Å². The van der Waals surface area contributed by atoms with Crippen LogP contribution in [0.4, 0.5) is 5.69 Å². The van der Waals surface area contributed by atoms with E-state index >= 15 is 0 Å². The van der Waals surface area contributed by atoms with Crippen LogP contribution in [0.2, 0.25) is 0 Å². The van der Waals surface area contributed by atoms with Crippen LogP contribution in [0.3, 0.4) is 0 Å². The van der Waals surface area contributed by atoms with Gasteiger partial charge in [0.2, 0.25) is 17.6 Å². The van der Waals surface area contributed by atoms with Crippen LogP contribution in [-0.2, 0) is 16.1 Å². The summed E-state index contributed by atoms with van der Waals surface area (Å²) in [7, 11) is 0. The number of hydrogen-bond donors (Lipinski definition) is 2. The third-order valence-corrected chi connectivity index (χ3v) is 4.93. The highest BCUT2D eigenvalue weighted by molar-refractivity contribution is 7.99. The van der Waals surface area contributed by atoms with E-state index in [1.165, 1.54) is 28.2 Å². The zero-order valence-electron chi connectivity index (χ0n) is 15.6. The van der Waals surface area contributed by atoms with Gasteiger partial charge in [-0.25, -0.2) is 0 Å². The van der Waals surface area contributed by atoms with E-state index in [9.17, 15) is 9.59 Å². The molecule has 0 spiro atoms. The van der Waals surface area contributed by atoms with Crippen molar-refractivity contribution in [2.24, 2.45) is 5.73 Å². The van der Waals surface area contributed by atoms with E-state index < -0.39 is 5.91 Å². The maximum atomic E-state index is 12.3. The van der Waals surface area contributed by atoms with E-state index in [1.54, 1.807) is 12.1 Å². The van der Waals surface area contributed by atoms with Gasteiger partial charge in [-0.2, -0.15) is 0 Å². The number of thioether (sulfide) groups is 1. The topological polar surface area (TPSA) is 116 Å². The molecule has 146 valence electrons. The highest BCUT2D eigenvalue weighted by atomic mass is 32.2. The molecule has 0 saturated carbocycles. The number of nitrogens with one attached hydrogen (secondary N) is 1. The Morgan fingerprint density at radius 3 is 2.57 bits per heavy atom. The fraction of sp³-hybridized carbons (Fsp3) is 0.263. The van der Waals surface area contributed by atoms with Crippen LogP contribution in [0, 0.1) is 0 Å². The molecule has 0 fully saturated rings. The second-order valence-electron chi connectivity index (χ2n) is 6.45. The second kappa shape index (κ2) is 8.75. The Hall–Kier alpha value is -3.07. The smallest absolute Gasteiger partial charge is 0.237 e. The van der Waals surface area contributed by atoms with Crippen molar-refractivity contribution >= 4 is 29.3 Å². The summed E-state index contributed by atoms with van der Waals surface area (Å²) in [5, 5.41) is 11.4. The molecule has 8 nitrogen and oxygen atoms in total. The van der Waals surface area contributed by atoms with Gasteiger partial charge in [-0.05, 0) is 35.7 Å². The summed E-state index contributed by atoms with van der Waals surface area (Å²) in [6.07, 6.45) is 1.50. The van der Waals surface area contributed by atoms with E-state index in [1.807, 2.05) is 24.3 Å². The van der Waals surface area contributed by atoms with Gasteiger partial charge in [0, 0.05) is 5.69 Å². The SMILES string of the molecule is CC(C)c1ccc(NC(=O)CSc2nnc(-c3ccco3)n2CC(N)=O)cc1. The highest BCUT2D eigenvalue weighted by Gasteiger charge is 2.18. The molecule has 0 unspecified atom stereocenters. The molecule has 0 saturated heterocycles. The molecule has 0 aliphatic heterocycles. The number of nitrogens with zero attached hydrogens (tertiary/aromatic N) is 3. The molecule has 1 aromatic carbocycles. The van der Waals surface area contributed by atoms with Crippen LogP contribution in [0.5, 0.6) is 0 Å². The maximum Gasteiger partial charge on any atom is 0.237 e. The van der Waals surface area contributed by atoms with Crippen molar-refractivity contribution < 1.29 is 14.0 Å². The first-order valence-corrected chi connectivity index (χ1v) is 9.70. The Morgan fingerprint density at radius 1 is 1.21 bits per heavy atom. The fourth-order valence-electron chi connectivity index (χ4n) is 2.56. The van der Waals surface area contributed by atoms with Gasteiger partial charge >= 0.3 is 0 Å². The van der Waals surface area contributed by atoms with Gasteiger partial charge in [0.05, 0.1) is 12.0 Å². The largest absolute Gasteiger partial charge is 0.461 e. The first-order valence-electron chi connectivity index (χ1n) is 8.72. The van der Waals surface area contributed by atoms with E-state index in [2.05, 4.69) is 29.4 Å². The molecule has 2 aromatic heterocycles. The summed E-state index contributed by atoms with van der Waals surface area (Å²) in [6.45, 7) is 4.12. The molecule has 3 rings (SSSR count). The lowest BCUT2D eigenvalue weighted by Gasteiger charge is -2.09. The van der Waals surface area contributed by atoms with Crippen LogP contribution in [-0.4, -0.2) is 32.3 Å². The van der Waals surface area contributed by atoms with Gasteiger partial charge in [0.15, 0.2) is 10.9 Å². The number of nitrogens with two attached hydrogens (primary N) is 1. The minimum Gasteiger partial charge on any atom is -0.461 e. The molecule has 2 heterocycles. The number of carbonyl (C=O) groups is 2. The fourth-order valence-corrected chi connectivity index (χ4v) is 3.30. The summed E-state index contributed by atoms with van der Waals surface area (Å²) < 4.78 is 6.86. The molecule has 0 aliphatic carbocycles. The minimum absolute atomic E-state index is 0.107. The molecule has 0 radical (unpaired) electrons. The number of furan rings is 1. The number of carbonyl (C=O) groups excluding carboxylic acids is 2. The summed E-state index contributed by atoms with van der Waals surface area (Å²) in [6, 6.07) is 11.2. The van der Waals surface area contributed by atoms with Crippen molar-refractivity contribution in [2.45, 2.75) is 31.5 Å². The number of amides is 2. The van der Waals surface area contributed by atoms with Crippen LogP contribution in [0.25, 0.3) is 11.6 Å². The van der Waals surface area contributed by atoms with E-state index in [0.717, 1.165) is 5.69 Å². The lowest BCUT2D eigenvalue weighted by atomic mass is 10.0. The van der Waals surface area contributed by atoms with E-state index in [-0.39, 0.29) is 18.2 Å². The summed E-state index contributed by atoms with van der Waals surface area (Å²) in [5.74, 6) is 0.673. The number of primary amides is 1. The molecule has 28 heavy (non-hydrogen) atoms. The molecule has 3 aromatic rings. The molecule has 9 heteroatoms. The maximum absolute atomic E-state index is 12.3. The molecule has 0 atom stereocenters. The van der Waals surface area contributed by atoms with Crippen molar-refractivity contribution in [1.29, 1.82) is 0 Å². The third kappa shape index (κ3) is 4.80. The summed E-state index contributed by atoms with van der Waals surface area (Å²) in [4.78, 5) is 23.7. The van der Waals surface area contributed by atoms with Gasteiger partial charge < -0.3 is 15.5 Å². The molecule has 3 N–H and O–H groups in total. The van der Waals surface area contributed by atoms with Crippen molar-refractivity contribution in [2.75, 3.05) is 11.1 Å². The van der Waals surface area contributed by atoms with Crippen LogP contribution in [0.1, 0.15) is 25.3 Å². The monoisotopic (exact) mass is 399 g/mol. The molecular formula is C19H21N5O3S. The van der Waals surface area contributed by atoms with Gasteiger partial charge in [-0.3, -0.25) is 14.2 Å². The number of rotatable bonds is 8. The average Bonchev–Trinajstić information content (AvgIpc) is 3.30. The predicted molar refractivity (Wildman–Crippen MR) is 107 cm³/mol. The Bertz CT molecular complexity index is 949. The van der Waals surface area contributed by atoms with Crippen molar-refractivity contribution in [1.82, 2.24) is 14.8 Å².